The number of carboxylic acids is 1. The first-order valence-corrected chi connectivity index (χ1v) is 6.48. The average Bonchev–Trinajstić information content (AvgIpc) is 2.46. The third-order valence-electron chi connectivity index (χ3n) is 3.14. The van der Waals surface area contributed by atoms with Crippen molar-refractivity contribution < 1.29 is 14.7 Å². The zero-order chi connectivity index (χ0) is 14.5. The molecule has 0 atom stereocenters. The van der Waals surface area contributed by atoms with Crippen LogP contribution in [0.25, 0.3) is 10.9 Å². The summed E-state index contributed by atoms with van der Waals surface area (Å²) in [6.07, 6.45) is 1.54. The molecule has 2 rings (SSSR count). The number of nitrogens with zero attached hydrogens (tertiary/aromatic N) is 2. The molecule has 0 aliphatic heterocycles. The average molecular weight is 272 g/mol. The van der Waals surface area contributed by atoms with Crippen LogP contribution in [-0.4, -0.2) is 40.0 Å². The van der Waals surface area contributed by atoms with E-state index in [1.807, 2.05) is 31.2 Å². The van der Waals surface area contributed by atoms with Gasteiger partial charge in [-0.1, -0.05) is 18.2 Å². The highest BCUT2D eigenvalue weighted by atomic mass is 16.4. The molecule has 0 aliphatic carbocycles. The summed E-state index contributed by atoms with van der Waals surface area (Å²) >= 11 is 0. The van der Waals surface area contributed by atoms with Crippen molar-refractivity contribution in [3.63, 3.8) is 0 Å². The number of aliphatic carboxylic acids is 1. The topological polar surface area (TPSA) is 70.5 Å². The summed E-state index contributed by atoms with van der Waals surface area (Å²) in [7, 11) is 0. The van der Waals surface area contributed by atoms with Crippen LogP contribution in [0.4, 0.5) is 0 Å². The molecule has 0 fully saturated rings. The molecule has 1 aromatic carbocycles. The molecule has 0 bridgehead atoms. The molecule has 2 aromatic rings. The summed E-state index contributed by atoms with van der Waals surface area (Å²) in [6, 6.07) is 9.09. The van der Waals surface area contributed by atoms with Gasteiger partial charge in [-0.15, -0.1) is 0 Å². The van der Waals surface area contributed by atoms with Crippen LogP contribution in [-0.2, 0) is 4.79 Å². The van der Waals surface area contributed by atoms with E-state index in [0.717, 1.165) is 10.9 Å². The molecule has 0 saturated heterocycles. The SMILES string of the molecule is CCN(CCC(=O)O)C(=O)c1ccnc2ccccc12. The highest BCUT2D eigenvalue weighted by molar-refractivity contribution is 6.06. The van der Waals surface area contributed by atoms with E-state index < -0.39 is 5.97 Å². The Morgan fingerprint density at radius 3 is 2.70 bits per heavy atom. The quantitative estimate of drug-likeness (QED) is 0.905. The van der Waals surface area contributed by atoms with Crippen LogP contribution in [0.15, 0.2) is 36.5 Å². The zero-order valence-electron chi connectivity index (χ0n) is 11.2. The van der Waals surface area contributed by atoms with Crippen molar-refractivity contribution >= 4 is 22.8 Å². The van der Waals surface area contributed by atoms with Gasteiger partial charge in [0, 0.05) is 24.7 Å². The Bertz CT molecular complexity index is 635. The largest absolute Gasteiger partial charge is 0.481 e. The number of carboxylic acid groups (broad SMARTS) is 1. The fraction of sp³-hybridized carbons (Fsp3) is 0.267. The molecular formula is C15H16N2O3. The number of benzene rings is 1. The Kier molecular flexibility index (Phi) is 4.30. The molecule has 0 saturated carbocycles. The number of hydrogen-bond donors (Lipinski definition) is 1. The number of aromatic nitrogens is 1. The number of fused-ring (bicyclic) bond motifs is 1. The molecule has 1 N–H and O–H groups in total. The summed E-state index contributed by atoms with van der Waals surface area (Å²) in [4.78, 5) is 28.9. The minimum absolute atomic E-state index is 0.0530. The van der Waals surface area contributed by atoms with E-state index in [1.54, 1.807) is 12.3 Å². The normalized spacial score (nSPS) is 10.4. The molecule has 1 amide bonds. The van der Waals surface area contributed by atoms with E-state index in [9.17, 15) is 9.59 Å². The number of rotatable bonds is 5. The maximum Gasteiger partial charge on any atom is 0.305 e. The Labute approximate surface area is 116 Å². The summed E-state index contributed by atoms with van der Waals surface area (Å²) < 4.78 is 0. The minimum Gasteiger partial charge on any atom is -0.481 e. The maximum atomic E-state index is 12.5. The lowest BCUT2D eigenvalue weighted by atomic mass is 10.1. The molecule has 0 radical (unpaired) electrons. The number of carbonyl (C=O) groups is 2. The van der Waals surface area contributed by atoms with Gasteiger partial charge in [0.2, 0.25) is 0 Å². The molecular weight excluding hydrogens is 256 g/mol. The van der Waals surface area contributed by atoms with E-state index in [4.69, 9.17) is 5.11 Å². The molecule has 1 aromatic heterocycles. The Morgan fingerprint density at radius 2 is 2.00 bits per heavy atom. The standard InChI is InChI=1S/C15H16N2O3/c1-2-17(10-8-14(18)19)15(20)12-7-9-16-13-6-4-3-5-11(12)13/h3-7,9H,2,8,10H2,1H3,(H,18,19). The van der Waals surface area contributed by atoms with E-state index >= 15 is 0 Å². The van der Waals surface area contributed by atoms with E-state index in [-0.39, 0.29) is 18.9 Å². The molecule has 0 aliphatic rings. The van der Waals surface area contributed by atoms with Crippen LogP contribution in [0.2, 0.25) is 0 Å². The van der Waals surface area contributed by atoms with Gasteiger partial charge in [0.15, 0.2) is 0 Å². The molecule has 5 nitrogen and oxygen atoms in total. The van der Waals surface area contributed by atoms with Crippen LogP contribution in [0.5, 0.6) is 0 Å². The Balaban J connectivity index is 2.32. The fourth-order valence-electron chi connectivity index (χ4n) is 2.09. The first-order valence-electron chi connectivity index (χ1n) is 6.48. The lowest BCUT2D eigenvalue weighted by Crippen LogP contribution is -2.33. The first kappa shape index (κ1) is 14.0. The minimum atomic E-state index is -0.907. The second-order valence-corrected chi connectivity index (χ2v) is 4.40. The van der Waals surface area contributed by atoms with Gasteiger partial charge < -0.3 is 10.0 Å². The number of para-hydroxylation sites is 1. The molecule has 20 heavy (non-hydrogen) atoms. The monoisotopic (exact) mass is 272 g/mol. The highest BCUT2D eigenvalue weighted by Crippen LogP contribution is 2.18. The summed E-state index contributed by atoms with van der Waals surface area (Å²) in [5, 5.41) is 9.52. The summed E-state index contributed by atoms with van der Waals surface area (Å²) in [5.74, 6) is -1.07. The molecule has 104 valence electrons. The second kappa shape index (κ2) is 6.14. The summed E-state index contributed by atoms with van der Waals surface area (Å²) in [6.45, 7) is 2.52. The number of amides is 1. The van der Waals surface area contributed by atoms with Crippen molar-refractivity contribution in [3.05, 3.63) is 42.1 Å². The van der Waals surface area contributed by atoms with Crippen molar-refractivity contribution in [2.75, 3.05) is 13.1 Å². The van der Waals surface area contributed by atoms with E-state index in [2.05, 4.69) is 4.98 Å². The Hall–Kier alpha value is -2.43. The van der Waals surface area contributed by atoms with Crippen LogP contribution >= 0.6 is 0 Å². The lowest BCUT2D eigenvalue weighted by molar-refractivity contribution is -0.137. The van der Waals surface area contributed by atoms with Gasteiger partial charge >= 0.3 is 5.97 Å². The van der Waals surface area contributed by atoms with Crippen molar-refractivity contribution in [2.24, 2.45) is 0 Å². The van der Waals surface area contributed by atoms with Crippen molar-refractivity contribution in [1.82, 2.24) is 9.88 Å². The van der Waals surface area contributed by atoms with E-state index in [0.29, 0.717) is 12.1 Å². The van der Waals surface area contributed by atoms with E-state index in [1.165, 1.54) is 4.90 Å². The van der Waals surface area contributed by atoms with Crippen LogP contribution in [0.1, 0.15) is 23.7 Å². The smallest absolute Gasteiger partial charge is 0.305 e. The lowest BCUT2D eigenvalue weighted by Gasteiger charge is -2.20. The van der Waals surface area contributed by atoms with Crippen LogP contribution in [0, 0.1) is 0 Å². The second-order valence-electron chi connectivity index (χ2n) is 4.40. The molecule has 0 spiro atoms. The van der Waals surface area contributed by atoms with Crippen molar-refractivity contribution in [1.29, 1.82) is 0 Å². The van der Waals surface area contributed by atoms with Gasteiger partial charge in [-0.25, -0.2) is 0 Å². The van der Waals surface area contributed by atoms with Gasteiger partial charge in [-0.05, 0) is 19.1 Å². The van der Waals surface area contributed by atoms with Crippen molar-refractivity contribution in [3.8, 4) is 0 Å². The fourth-order valence-corrected chi connectivity index (χ4v) is 2.09. The molecule has 5 heteroatoms. The van der Waals surface area contributed by atoms with Gasteiger partial charge in [0.05, 0.1) is 17.5 Å². The first-order chi connectivity index (χ1) is 9.63. The highest BCUT2D eigenvalue weighted by Gasteiger charge is 2.17. The summed E-state index contributed by atoms with van der Waals surface area (Å²) in [5.41, 5.74) is 1.32. The van der Waals surface area contributed by atoms with Crippen LogP contribution in [0.3, 0.4) is 0 Å². The van der Waals surface area contributed by atoms with Crippen LogP contribution < -0.4 is 0 Å². The van der Waals surface area contributed by atoms with Gasteiger partial charge in [0.1, 0.15) is 0 Å². The third-order valence-corrected chi connectivity index (χ3v) is 3.14. The zero-order valence-corrected chi connectivity index (χ0v) is 11.2. The van der Waals surface area contributed by atoms with Gasteiger partial charge in [-0.2, -0.15) is 0 Å². The molecule has 1 heterocycles. The predicted molar refractivity (Wildman–Crippen MR) is 75.6 cm³/mol. The molecule has 0 unspecified atom stereocenters. The van der Waals surface area contributed by atoms with Gasteiger partial charge in [0.25, 0.3) is 5.91 Å². The maximum absolute atomic E-state index is 12.5. The van der Waals surface area contributed by atoms with Crippen molar-refractivity contribution in [2.45, 2.75) is 13.3 Å². The number of pyridine rings is 1. The Morgan fingerprint density at radius 1 is 1.25 bits per heavy atom. The number of carbonyl (C=O) groups excluding carboxylic acids is 1. The predicted octanol–water partition coefficient (Wildman–Crippen LogP) is 2.17. The number of hydrogen-bond acceptors (Lipinski definition) is 3. The third kappa shape index (κ3) is 2.93. The van der Waals surface area contributed by atoms with Gasteiger partial charge in [-0.3, -0.25) is 14.6 Å².